The topological polar surface area (TPSA) is 90.1 Å². The first kappa shape index (κ1) is 20.2. The first-order valence-electron chi connectivity index (χ1n) is 9.41. The second-order valence-electron chi connectivity index (χ2n) is 6.92. The summed E-state index contributed by atoms with van der Waals surface area (Å²) in [6.45, 7) is 9.19. The number of H-pyrrole nitrogens is 1. The summed E-state index contributed by atoms with van der Waals surface area (Å²) in [6.07, 6.45) is -0.0396. The molecule has 28 heavy (non-hydrogen) atoms. The predicted octanol–water partition coefficient (Wildman–Crippen LogP) is 2.37. The van der Waals surface area contributed by atoms with Crippen LogP contribution in [-0.4, -0.2) is 67.4 Å². The maximum Gasteiger partial charge on any atom is 0.354 e. The molecule has 0 unspecified atom stereocenters. The van der Waals surface area contributed by atoms with Crippen molar-refractivity contribution >= 4 is 22.8 Å². The van der Waals surface area contributed by atoms with Crippen molar-refractivity contribution in [3.63, 3.8) is 0 Å². The number of ether oxygens (including phenoxy) is 4. The molecule has 1 aromatic carbocycles. The van der Waals surface area contributed by atoms with Gasteiger partial charge in [-0.05, 0) is 19.9 Å². The van der Waals surface area contributed by atoms with E-state index in [0.29, 0.717) is 54.5 Å². The van der Waals surface area contributed by atoms with Gasteiger partial charge in [-0.3, -0.25) is 9.69 Å². The van der Waals surface area contributed by atoms with Crippen LogP contribution in [0.4, 0.5) is 0 Å². The summed E-state index contributed by atoms with van der Waals surface area (Å²) in [5.74, 6) is -0.0134. The molecule has 1 aromatic heterocycles. The minimum absolute atomic E-state index is 0.0396. The lowest BCUT2D eigenvalue weighted by molar-refractivity contribution is -0.131. The summed E-state index contributed by atoms with van der Waals surface area (Å²) in [5, 5.41) is 0.617. The SMILES string of the molecule is CC(=O)Oc1cc(OC(C)C)cc2[nH]c(C(=O)OCCN3CCOCC3)cc12. The Kier molecular flexibility index (Phi) is 6.53. The number of benzene rings is 1. The van der Waals surface area contributed by atoms with Crippen LogP contribution < -0.4 is 9.47 Å². The maximum absolute atomic E-state index is 12.4. The molecule has 0 bridgehead atoms. The molecular formula is C20H26N2O6. The molecule has 1 fully saturated rings. The van der Waals surface area contributed by atoms with E-state index in [1.165, 1.54) is 6.92 Å². The van der Waals surface area contributed by atoms with Gasteiger partial charge in [-0.15, -0.1) is 0 Å². The van der Waals surface area contributed by atoms with Crippen LogP contribution in [0.2, 0.25) is 0 Å². The molecule has 1 N–H and O–H groups in total. The molecule has 8 heteroatoms. The number of rotatable bonds is 7. The Hall–Kier alpha value is -2.58. The van der Waals surface area contributed by atoms with Crippen LogP contribution in [0.5, 0.6) is 11.5 Å². The summed E-state index contributed by atoms with van der Waals surface area (Å²) in [7, 11) is 0. The van der Waals surface area contributed by atoms with Crippen LogP contribution in [0, 0.1) is 0 Å². The molecule has 0 amide bonds. The van der Waals surface area contributed by atoms with Crippen molar-refractivity contribution in [3.05, 3.63) is 23.9 Å². The number of nitrogens with one attached hydrogen (secondary N) is 1. The summed E-state index contributed by atoms with van der Waals surface area (Å²) in [6, 6.07) is 5.04. The van der Waals surface area contributed by atoms with E-state index in [-0.39, 0.29) is 6.10 Å². The first-order chi connectivity index (χ1) is 13.4. The highest BCUT2D eigenvalue weighted by molar-refractivity contribution is 5.98. The molecule has 0 saturated carbocycles. The van der Waals surface area contributed by atoms with E-state index in [4.69, 9.17) is 18.9 Å². The number of nitrogens with zero attached hydrogens (tertiary/aromatic N) is 1. The molecule has 8 nitrogen and oxygen atoms in total. The quantitative estimate of drug-likeness (QED) is 0.573. The van der Waals surface area contributed by atoms with Crippen LogP contribution in [-0.2, 0) is 14.3 Å². The van der Waals surface area contributed by atoms with Gasteiger partial charge >= 0.3 is 11.9 Å². The Labute approximate surface area is 163 Å². The van der Waals surface area contributed by atoms with Gasteiger partial charge in [-0.25, -0.2) is 4.79 Å². The third-order valence-corrected chi connectivity index (χ3v) is 4.26. The van der Waals surface area contributed by atoms with Crippen LogP contribution in [0.3, 0.4) is 0 Å². The molecule has 0 radical (unpaired) electrons. The Morgan fingerprint density at radius 2 is 1.96 bits per heavy atom. The van der Waals surface area contributed by atoms with Gasteiger partial charge in [0, 0.05) is 44.1 Å². The molecule has 1 aliphatic heterocycles. The molecule has 3 rings (SSSR count). The Morgan fingerprint density at radius 3 is 2.64 bits per heavy atom. The zero-order valence-corrected chi connectivity index (χ0v) is 16.4. The normalized spacial score (nSPS) is 15.0. The van der Waals surface area contributed by atoms with Gasteiger partial charge in [0.2, 0.25) is 0 Å². The highest BCUT2D eigenvalue weighted by Gasteiger charge is 2.17. The zero-order valence-electron chi connectivity index (χ0n) is 16.4. The standard InChI is InChI=1S/C20H26N2O6/c1-13(2)27-15-10-17-16(19(11-15)28-14(3)23)12-18(21-17)20(24)26-9-6-22-4-7-25-8-5-22/h10-13,21H,4-9H2,1-3H3. The van der Waals surface area contributed by atoms with E-state index in [9.17, 15) is 9.59 Å². The highest BCUT2D eigenvalue weighted by atomic mass is 16.5. The number of esters is 2. The Balaban J connectivity index is 1.73. The fourth-order valence-corrected chi connectivity index (χ4v) is 3.04. The summed E-state index contributed by atoms with van der Waals surface area (Å²) in [5.41, 5.74) is 0.932. The highest BCUT2D eigenvalue weighted by Crippen LogP contribution is 2.32. The molecule has 0 spiro atoms. The number of aromatic nitrogens is 1. The largest absolute Gasteiger partial charge is 0.491 e. The Bertz CT molecular complexity index is 839. The lowest BCUT2D eigenvalue weighted by Gasteiger charge is -2.26. The van der Waals surface area contributed by atoms with Crippen molar-refractivity contribution < 1.29 is 28.5 Å². The number of aromatic amines is 1. The van der Waals surface area contributed by atoms with Gasteiger partial charge in [0.1, 0.15) is 23.8 Å². The number of morpholine rings is 1. The van der Waals surface area contributed by atoms with Crippen molar-refractivity contribution in [2.75, 3.05) is 39.5 Å². The second kappa shape index (κ2) is 9.07. The van der Waals surface area contributed by atoms with Gasteiger partial charge < -0.3 is 23.9 Å². The van der Waals surface area contributed by atoms with Crippen molar-refractivity contribution in [1.82, 2.24) is 9.88 Å². The third kappa shape index (κ3) is 5.24. The van der Waals surface area contributed by atoms with Crippen molar-refractivity contribution in [2.24, 2.45) is 0 Å². The van der Waals surface area contributed by atoms with E-state index < -0.39 is 11.9 Å². The lowest BCUT2D eigenvalue weighted by atomic mass is 10.2. The van der Waals surface area contributed by atoms with Gasteiger partial charge in [0.25, 0.3) is 0 Å². The minimum atomic E-state index is -0.454. The van der Waals surface area contributed by atoms with E-state index in [1.807, 2.05) is 13.8 Å². The van der Waals surface area contributed by atoms with Crippen molar-refractivity contribution in [2.45, 2.75) is 26.9 Å². The van der Waals surface area contributed by atoms with Crippen LogP contribution >= 0.6 is 0 Å². The zero-order chi connectivity index (χ0) is 20.1. The molecule has 1 aliphatic rings. The number of hydrogen-bond donors (Lipinski definition) is 1. The monoisotopic (exact) mass is 390 g/mol. The van der Waals surface area contributed by atoms with E-state index >= 15 is 0 Å². The first-order valence-corrected chi connectivity index (χ1v) is 9.41. The van der Waals surface area contributed by atoms with E-state index in [0.717, 1.165) is 13.1 Å². The Morgan fingerprint density at radius 1 is 1.21 bits per heavy atom. The van der Waals surface area contributed by atoms with Crippen LogP contribution in [0.25, 0.3) is 10.9 Å². The number of hydrogen-bond acceptors (Lipinski definition) is 7. The molecule has 0 atom stereocenters. The molecule has 0 aliphatic carbocycles. The molecule has 1 saturated heterocycles. The third-order valence-electron chi connectivity index (χ3n) is 4.26. The van der Waals surface area contributed by atoms with Crippen LogP contribution in [0.15, 0.2) is 18.2 Å². The fourth-order valence-electron chi connectivity index (χ4n) is 3.04. The molecular weight excluding hydrogens is 364 g/mol. The van der Waals surface area contributed by atoms with E-state index in [1.54, 1.807) is 18.2 Å². The van der Waals surface area contributed by atoms with Crippen molar-refractivity contribution in [3.8, 4) is 11.5 Å². The molecule has 2 heterocycles. The molecule has 152 valence electrons. The van der Waals surface area contributed by atoms with E-state index in [2.05, 4.69) is 9.88 Å². The lowest BCUT2D eigenvalue weighted by Crippen LogP contribution is -2.38. The summed E-state index contributed by atoms with van der Waals surface area (Å²) < 4.78 is 21.7. The minimum Gasteiger partial charge on any atom is -0.491 e. The van der Waals surface area contributed by atoms with Gasteiger partial charge in [0.05, 0.1) is 24.8 Å². The van der Waals surface area contributed by atoms with Crippen LogP contribution in [0.1, 0.15) is 31.3 Å². The number of carbonyl (C=O) groups excluding carboxylic acids is 2. The number of fused-ring (bicyclic) bond motifs is 1. The van der Waals surface area contributed by atoms with Gasteiger partial charge in [0.15, 0.2) is 0 Å². The predicted molar refractivity (Wildman–Crippen MR) is 103 cm³/mol. The summed E-state index contributed by atoms with van der Waals surface area (Å²) >= 11 is 0. The maximum atomic E-state index is 12.4. The smallest absolute Gasteiger partial charge is 0.354 e. The second-order valence-corrected chi connectivity index (χ2v) is 6.92. The van der Waals surface area contributed by atoms with Crippen molar-refractivity contribution in [1.29, 1.82) is 0 Å². The fraction of sp³-hybridized carbons (Fsp3) is 0.500. The molecule has 2 aromatic rings. The number of carbonyl (C=O) groups is 2. The van der Waals surface area contributed by atoms with Gasteiger partial charge in [-0.2, -0.15) is 0 Å². The summed E-state index contributed by atoms with van der Waals surface area (Å²) in [4.78, 5) is 29.1. The average molecular weight is 390 g/mol. The average Bonchev–Trinajstić information content (AvgIpc) is 3.06. The van der Waals surface area contributed by atoms with Gasteiger partial charge in [-0.1, -0.05) is 0 Å².